The van der Waals surface area contributed by atoms with E-state index in [-0.39, 0.29) is 28.6 Å². The zero-order valence-corrected chi connectivity index (χ0v) is 10.0. The third kappa shape index (κ3) is 2.58. The molecule has 2 unspecified atom stereocenters. The lowest BCUT2D eigenvalue weighted by atomic mass is 10.1. The first-order valence-electron chi connectivity index (χ1n) is 5.60. The van der Waals surface area contributed by atoms with Crippen LogP contribution in [0.25, 0.3) is 0 Å². The summed E-state index contributed by atoms with van der Waals surface area (Å²) in [6.07, 6.45) is 2.77. The van der Waals surface area contributed by atoms with E-state index in [1.165, 1.54) is 18.2 Å². The van der Waals surface area contributed by atoms with Gasteiger partial charge in [-0.15, -0.1) is 0 Å². The van der Waals surface area contributed by atoms with Gasteiger partial charge in [0.2, 0.25) is 0 Å². The molecule has 1 aliphatic carbocycles. The summed E-state index contributed by atoms with van der Waals surface area (Å²) in [4.78, 5) is 11.9. The van der Waals surface area contributed by atoms with Crippen molar-refractivity contribution in [2.75, 3.05) is 0 Å². The Labute approximate surface area is 104 Å². The molecule has 0 heterocycles. The predicted molar refractivity (Wildman–Crippen MR) is 64.5 cm³/mol. The number of carbonyl (C=O) groups is 1. The van der Waals surface area contributed by atoms with Gasteiger partial charge in [0, 0.05) is 12.1 Å². The molecule has 2 atom stereocenters. The van der Waals surface area contributed by atoms with Crippen LogP contribution >= 0.6 is 11.6 Å². The van der Waals surface area contributed by atoms with Gasteiger partial charge in [-0.05, 0) is 31.4 Å². The Hall–Kier alpha value is -1.13. The molecule has 0 radical (unpaired) electrons. The molecule has 1 saturated carbocycles. The van der Waals surface area contributed by atoms with Crippen LogP contribution in [0.4, 0.5) is 4.39 Å². The van der Waals surface area contributed by atoms with Gasteiger partial charge in [0.25, 0.3) is 5.91 Å². The number of amides is 1. The van der Waals surface area contributed by atoms with Gasteiger partial charge in [-0.3, -0.25) is 4.79 Å². The van der Waals surface area contributed by atoms with Gasteiger partial charge in [-0.2, -0.15) is 0 Å². The predicted octanol–water partition coefficient (Wildman–Crippen LogP) is 2.09. The second-order valence-electron chi connectivity index (χ2n) is 4.28. The van der Waals surface area contributed by atoms with Crippen molar-refractivity contribution in [2.45, 2.75) is 31.3 Å². The molecule has 3 nitrogen and oxygen atoms in total. The van der Waals surface area contributed by atoms with Gasteiger partial charge in [-0.1, -0.05) is 17.7 Å². The molecule has 1 amide bonds. The molecule has 1 fully saturated rings. The average Bonchev–Trinajstić information content (AvgIpc) is 2.68. The third-order valence-electron chi connectivity index (χ3n) is 3.08. The van der Waals surface area contributed by atoms with E-state index >= 15 is 0 Å². The highest BCUT2D eigenvalue weighted by Crippen LogP contribution is 2.21. The number of carbonyl (C=O) groups excluding carboxylic acids is 1. The number of hydrogen-bond donors (Lipinski definition) is 2. The maximum atomic E-state index is 13.2. The summed E-state index contributed by atoms with van der Waals surface area (Å²) >= 11 is 5.74. The van der Waals surface area contributed by atoms with Crippen molar-refractivity contribution in [1.29, 1.82) is 0 Å². The Balaban J connectivity index is 2.12. The second kappa shape index (κ2) is 5.02. The number of hydrogen-bond acceptors (Lipinski definition) is 2. The minimum atomic E-state index is -0.588. The van der Waals surface area contributed by atoms with Crippen LogP contribution in [-0.4, -0.2) is 18.0 Å². The van der Waals surface area contributed by atoms with Gasteiger partial charge >= 0.3 is 0 Å². The van der Waals surface area contributed by atoms with Crippen molar-refractivity contribution in [3.63, 3.8) is 0 Å². The number of halogens is 2. The highest BCUT2D eigenvalue weighted by atomic mass is 35.5. The summed E-state index contributed by atoms with van der Waals surface area (Å²) in [5.74, 6) is -0.952. The Morgan fingerprint density at radius 2 is 2.24 bits per heavy atom. The summed E-state index contributed by atoms with van der Waals surface area (Å²) < 4.78 is 13.2. The molecular formula is C12H14ClFN2O. The Bertz CT molecular complexity index is 439. The first-order valence-corrected chi connectivity index (χ1v) is 5.98. The van der Waals surface area contributed by atoms with Crippen LogP contribution in [0.2, 0.25) is 5.02 Å². The van der Waals surface area contributed by atoms with Crippen molar-refractivity contribution < 1.29 is 9.18 Å². The summed E-state index contributed by atoms with van der Waals surface area (Å²) in [6, 6.07) is 4.12. The smallest absolute Gasteiger partial charge is 0.253 e. The lowest BCUT2D eigenvalue weighted by Crippen LogP contribution is -2.44. The van der Waals surface area contributed by atoms with Crippen LogP contribution in [0, 0.1) is 5.82 Å². The van der Waals surface area contributed by atoms with Crippen molar-refractivity contribution in [3.8, 4) is 0 Å². The molecule has 3 N–H and O–H groups in total. The number of nitrogens with one attached hydrogen (secondary N) is 1. The molecule has 0 saturated heterocycles. The van der Waals surface area contributed by atoms with Gasteiger partial charge in [0.05, 0.1) is 10.6 Å². The van der Waals surface area contributed by atoms with E-state index in [0.29, 0.717) is 0 Å². The van der Waals surface area contributed by atoms with Gasteiger partial charge < -0.3 is 11.1 Å². The van der Waals surface area contributed by atoms with Crippen LogP contribution in [0.5, 0.6) is 0 Å². The molecule has 1 aromatic rings. The SMILES string of the molecule is NC1CCCC1NC(=O)c1cccc(F)c1Cl. The zero-order chi connectivity index (χ0) is 12.4. The van der Waals surface area contributed by atoms with Crippen molar-refractivity contribution in [3.05, 3.63) is 34.6 Å². The van der Waals surface area contributed by atoms with Crippen LogP contribution in [0.3, 0.4) is 0 Å². The number of rotatable bonds is 2. The fraction of sp³-hybridized carbons (Fsp3) is 0.417. The quantitative estimate of drug-likeness (QED) is 0.851. The maximum Gasteiger partial charge on any atom is 0.253 e. The molecule has 5 heteroatoms. The van der Waals surface area contributed by atoms with Gasteiger partial charge in [-0.25, -0.2) is 4.39 Å². The Morgan fingerprint density at radius 1 is 1.47 bits per heavy atom. The highest BCUT2D eigenvalue weighted by Gasteiger charge is 2.26. The molecule has 0 aromatic heterocycles. The van der Waals surface area contributed by atoms with Crippen molar-refractivity contribution in [2.24, 2.45) is 5.73 Å². The van der Waals surface area contributed by atoms with E-state index in [1.54, 1.807) is 0 Å². The number of nitrogens with two attached hydrogens (primary N) is 1. The van der Waals surface area contributed by atoms with Gasteiger partial charge in [0.1, 0.15) is 5.82 Å². The largest absolute Gasteiger partial charge is 0.348 e. The molecule has 1 aromatic carbocycles. The highest BCUT2D eigenvalue weighted by molar-refractivity contribution is 6.34. The van der Waals surface area contributed by atoms with Gasteiger partial charge in [0.15, 0.2) is 0 Å². The topological polar surface area (TPSA) is 55.1 Å². The monoisotopic (exact) mass is 256 g/mol. The standard InChI is InChI=1S/C12H14ClFN2O/c13-11-7(3-1-4-8(11)14)12(17)16-10-6-2-5-9(10)15/h1,3-4,9-10H,2,5-6,15H2,(H,16,17). The minimum Gasteiger partial charge on any atom is -0.348 e. The third-order valence-corrected chi connectivity index (χ3v) is 3.47. The first-order chi connectivity index (χ1) is 8.09. The molecule has 92 valence electrons. The second-order valence-corrected chi connectivity index (χ2v) is 4.65. The zero-order valence-electron chi connectivity index (χ0n) is 9.25. The van der Waals surface area contributed by atoms with E-state index in [2.05, 4.69) is 5.32 Å². The van der Waals surface area contributed by atoms with E-state index in [4.69, 9.17) is 17.3 Å². The summed E-state index contributed by atoms with van der Waals surface area (Å²) in [6.45, 7) is 0. The minimum absolute atomic E-state index is 0.0220. The molecule has 0 bridgehead atoms. The van der Waals surface area contributed by atoms with Crippen LogP contribution < -0.4 is 11.1 Å². The van der Waals surface area contributed by atoms with E-state index in [1.807, 2.05) is 0 Å². The summed E-state index contributed by atoms with van der Waals surface area (Å²) in [7, 11) is 0. The van der Waals surface area contributed by atoms with Crippen molar-refractivity contribution >= 4 is 17.5 Å². The fourth-order valence-corrected chi connectivity index (χ4v) is 2.31. The van der Waals surface area contributed by atoms with Crippen molar-refractivity contribution in [1.82, 2.24) is 5.32 Å². The Kier molecular flexibility index (Phi) is 3.64. The molecule has 0 aliphatic heterocycles. The molecule has 0 spiro atoms. The maximum absolute atomic E-state index is 13.2. The fourth-order valence-electron chi connectivity index (χ4n) is 2.09. The van der Waals surface area contributed by atoms with E-state index < -0.39 is 5.82 Å². The first kappa shape index (κ1) is 12.3. The average molecular weight is 257 g/mol. The molecule has 17 heavy (non-hydrogen) atoms. The van der Waals surface area contributed by atoms with E-state index in [9.17, 15) is 9.18 Å². The summed E-state index contributed by atoms with van der Waals surface area (Å²) in [5, 5.41) is 2.66. The summed E-state index contributed by atoms with van der Waals surface area (Å²) in [5.41, 5.74) is 6.01. The molecule has 2 rings (SSSR count). The van der Waals surface area contributed by atoms with Crippen LogP contribution in [0.15, 0.2) is 18.2 Å². The Morgan fingerprint density at radius 3 is 2.88 bits per heavy atom. The lowest BCUT2D eigenvalue weighted by Gasteiger charge is -2.17. The lowest BCUT2D eigenvalue weighted by molar-refractivity contribution is 0.0934. The normalized spacial score (nSPS) is 23.7. The molecule has 1 aliphatic rings. The van der Waals surface area contributed by atoms with E-state index in [0.717, 1.165) is 19.3 Å². The molecular weight excluding hydrogens is 243 g/mol. The number of benzene rings is 1. The van der Waals surface area contributed by atoms with Crippen LogP contribution in [-0.2, 0) is 0 Å². The van der Waals surface area contributed by atoms with Crippen LogP contribution in [0.1, 0.15) is 29.6 Å².